The highest BCUT2D eigenvalue weighted by Gasteiger charge is 2.39. The van der Waals surface area contributed by atoms with Gasteiger partial charge in [0.1, 0.15) is 11.6 Å². The Hall–Kier alpha value is -3.17. The Morgan fingerprint density at radius 1 is 1.17 bits per heavy atom. The van der Waals surface area contributed by atoms with Crippen molar-refractivity contribution in [2.45, 2.75) is 44.2 Å². The quantitative estimate of drug-likeness (QED) is 0.521. The van der Waals surface area contributed by atoms with Crippen LogP contribution in [0.1, 0.15) is 43.1 Å². The van der Waals surface area contributed by atoms with E-state index in [9.17, 15) is 13.2 Å². The Morgan fingerprint density at radius 2 is 1.97 bits per heavy atom. The van der Waals surface area contributed by atoms with Crippen LogP contribution in [-0.2, 0) is 16.4 Å². The molecule has 4 heterocycles. The second-order valence-electron chi connectivity index (χ2n) is 10.1. The number of hydrogen-bond acceptors (Lipinski definition) is 7. The van der Waals surface area contributed by atoms with Crippen molar-refractivity contribution in [3.63, 3.8) is 0 Å². The van der Waals surface area contributed by atoms with Crippen LogP contribution in [0, 0.1) is 5.92 Å². The number of sulfonamides is 1. The van der Waals surface area contributed by atoms with Crippen LogP contribution in [0.3, 0.4) is 0 Å². The summed E-state index contributed by atoms with van der Waals surface area (Å²) in [6, 6.07) is 13.6. The number of pyridine rings is 2. The van der Waals surface area contributed by atoms with Crippen molar-refractivity contribution < 1.29 is 13.2 Å². The standard InChI is InChI=1S/C26H28ClN5O3S/c1-17-15-26(2,3)32(16-17)24-20(6-5-12-28-24)25(33)30-36(34,35)23-8-4-7-22(29-23)31-13-11-18-14-19(27)9-10-21(18)31/h4-10,12,14,17H,11,13,15-16H2,1-3H3,(H,30,33). The van der Waals surface area contributed by atoms with E-state index in [1.165, 1.54) is 6.07 Å². The number of carbonyl (C=O) groups is 1. The molecule has 36 heavy (non-hydrogen) atoms. The average Bonchev–Trinajstić information content (AvgIpc) is 3.37. The molecular formula is C26H28ClN5O3S. The zero-order valence-corrected chi connectivity index (χ0v) is 22.0. The maximum atomic E-state index is 13.2. The first-order valence-corrected chi connectivity index (χ1v) is 13.7. The first kappa shape index (κ1) is 24.5. The largest absolute Gasteiger partial charge is 0.351 e. The van der Waals surface area contributed by atoms with Crippen LogP contribution < -0.4 is 14.5 Å². The van der Waals surface area contributed by atoms with Gasteiger partial charge in [0.05, 0.1) is 5.56 Å². The fourth-order valence-corrected chi connectivity index (χ4v) is 6.42. The molecule has 0 radical (unpaired) electrons. The normalized spacial score (nSPS) is 18.8. The molecule has 0 spiro atoms. The van der Waals surface area contributed by atoms with Gasteiger partial charge in [-0.05, 0) is 80.6 Å². The Morgan fingerprint density at radius 3 is 2.72 bits per heavy atom. The smallest absolute Gasteiger partial charge is 0.281 e. The lowest BCUT2D eigenvalue weighted by atomic mass is 9.97. The predicted octanol–water partition coefficient (Wildman–Crippen LogP) is 4.57. The lowest BCUT2D eigenvalue weighted by Crippen LogP contribution is -2.41. The van der Waals surface area contributed by atoms with E-state index in [2.05, 4.69) is 40.4 Å². The van der Waals surface area contributed by atoms with Gasteiger partial charge in [-0.15, -0.1) is 0 Å². The summed E-state index contributed by atoms with van der Waals surface area (Å²) in [5.74, 6) is 0.664. The van der Waals surface area contributed by atoms with Gasteiger partial charge in [-0.3, -0.25) is 4.79 Å². The van der Waals surface area contributed by atoms with Crippen molar-refractivity contribution in [1.29, 1.82) is 0 Å². The molecule has 188 valence electrons. The fraction of sp³-hybridized carbons (Fsp3) is 0.346. The molecule has 1 unspecified atom stereocenters. The van der Waals surface area contributed by atoms with Crippen molar-refractivity contribution in [1.82, 2.24) is 14.7 Å². The van der Waals surface area contributed by atoms with E-state index in [0.717, 1.165) is 30.6 Å². The van der Waals surface area contributed by atoms with Crippen LogP contribution in [0.25, 0.3) is 0 Å². The number of rotatable bonds is 5. The highest BCUT2D eigenvalue weighted by atomic mass is 35.5. The average molecular weight is 526 g/mol. The van der Waals surface area contributed by atoms with Gasteiger partial charge in [0, 0.05) is 35.5 Å². The van der Waals surface area contributed by atoms with Crippen LogP contribution in [0.15, 0.2) is 59.8 Å². The van der Waals surface area contributed by atoms with E-state index in [4.69, 9.17) is 11.6 Å². The molecule has 1 atom stereocenters. The van der Waals surface area contributed by atoms with Crippen LogP contribution in [0.4, 0.5) is 17.3 Å². The Kier molecular flexibility index (Phi) is 6.16. The van der Waals surface area contributed by atoms with E-state index in [1.54, 1.807) is 36.5 Å². The number of hydrogen-bond donors (Lipinski definition) is 1. The zero-order valence-electron chi connectivity index (χ0n) is 20.4. The van der Waals surface area contributed by atoms with Crippen molar-refractivity contribution in [2.75, 3.05) is 22.9 Å². The number of anilines is 3. The summed E-state index contributed by atoms with van der Waals surface area (Å²) in [6.45, 7) is 7.75. The van der Waals surface area contributed by atoms with Crippen molar-refractivity contribution in [2.24, 2.45) is 5.92 Å². The molecule has 1 aromatic carbocycles. The number of benzene rings is 1. The summed E-state index contributed by atoms with van der Waals surface area (Å²) in [6.07, 6.45) is 3.35. The molecule has 1 N–H and O–H groups in total. The maximum Gasteiger partial charge on any atom is 0.281 e. The molecule has 2 aliphatic heterocycles. The van der Waals surface area contributed by atoms with Crippen LogP contribution in [0.2, 0.25) is 5.02 Å². The minimum absolute atomic E-state index is 0.201. The van der Waals surface area contributed by atoms with E-state index >= 15 is 0 Å². The number of halogens is 1. The third kappa shape index (κ3) is 4.53. The summed E-state index contributed by atoms with van der Waals surface area (Å²) in [7, 11) is -4.23. The Labute approximate surface area is 216 Å². The monoisotopic (exact) mass is 525 g/mol. The maximum absolute atomic E-state index is 13.2. The SMILES string of the molecule is CC1CN(c2ncccc2C(=O)NS(=O)(=O)c2cccc(N3CCc4cc(Cl)ccc43)n2)C(C)(C)C1. The third-order valence-electron chi connectivity index (χ3n) is 6.78. The molecule has 1 saturated heterocycles. The summed E-state index contributed by atoms with van der Waals surface area (Å²) in [4.78, 5) is 26.1. The van der Waals surface area contributed by atoms with Gasteiger partial charge in [0.15, 0.2) is 5.03 Å². The molecule has 3 aromatic rings. The molecule has 0 bridgehead atoms. The number of aromatic nitrogens is 2. The molecule has 2 aromatic heterocycles. The second-order valence-corrected chi connectivity index (χ2v) is 12.1. The van der Waals surface area contributed by atoms with Gasteiger partial charge in [0.2, 0.25) is 0 Å². The lowest BCUT2D eigenvalue weighted by Gasteiger charge is -2.33. The Balaban J connectivity index is 1.41. The van der Waals surface area contributed by atoms with Gasteiger partial charge in [0.25, 0.3) is 15.9 Å². The fourth-order valence-electron chi connectivity index (χ4n) is 5.29. The first-order chi connectivity index (χ1) is 17.0. The molecule has 0 saturated carbocycles. The summed E-state index contributed by atoms with van der Waals surface area (Å²) < 4.78 is 28.6. The molecular weight excluding hydrogens is 498 g/mol. The number of carbonyl (C=O) groups excluding carboxylic acids is 1. The van der Waals surface area contributed by atoms with Crippen LogP contribution >= 0.6 is 11.6 Å². The molecule has 1 amide bonds. The number of fused-ring (bicyclic) bond motifs is 1. The van der Waals surface area contributed by atoms with Crippen molar-refractivity contribution in [3.05, 3.63) is 70.9 Å². The first-order valence-electron chi connectivity index (χ1n) is 11.9. The number of nitrogens with zero attached hydrogens (tertiary/aromatic N) is 4. The number of amides is 1. The summed E-state index contributed by atoms with van der Waals surface area (Å²) >= 11 is 6.12. The molecule has 0 aliphatic carbocycles. The van der Waals surface area contributed by atoms with Gasteiger partial charge >= 0.3 is 0 Å². The zero-order chi connectivity index (χ0) is 25.7. The topological polar surface area (TPSA) is 95.5 Å². The Bertz CT molecular complexity index is 1440. The molecule has 8 nitrogen and oxygen atoms in total. The van der Waals surface area contributed by atoms with Crippen molar-refractivity contribution >= 4 is 44.9 Å². The summed E-state index contributed by atoms with van der Waals surface area (Å²) in [5, 5.41) is 0.431. The molecule has 2 aliphatic rings. The van der Waals surface area contributed by atoms with Gasteiger partial charge in [-0.25, -0.2) is 14.7 Å². The van der Waals surface area contributed by atoms with Crippen molar-refractivity contribution in [3.8, 4) is 0 Å². The number of nitrogens with one attached hydrogen (secondary N) is 1. The molecule has 10 heteroatoms. The van der Waals surface area contributed by atoms with Crippen LogP contribution in [-0.4, -0.2) is 42.9 Å². The third-order valence-corrected chi connectivity index (χ3v) is 8.25. The van der Waals surface area contributed by atoms with Crippen LogP contribution in [0.5, 0.6) is 0 Å². The van der Waals surface area contributed by atoms with Gasteiger partial charge in [-0.2, -0.15) is 8.42 Å². The summed E-state index contributed by atoms with van der Waals surface area (Å²) in [5.41, 5.74) is 2.03. The van der Waals surface area contributed by atoms with Gasteiger partial charge < -0.3 is 9.80 Å². The minimum Gasteiger partial charge on any atom is -0.351 e. The van der Waals surface area contributed by atoms with E-state index in [-0.39, 0.29) is 16.1 Å². The predicted molar refractivity (Wildman–Crippen MR) is 140 cm³/mol. The van der Waals surface area contributed by atoms with Gasteiger partial charge in [-0.1, -0.05) is 24.6 Å². The van der Waals surface area contributed by atoms with E-state index in [0.29, 0.717) is 29.1 Å². The van der Waals surface area contributed by atoms with E-state index < -0.39 is 15.9 Å². The molecule has 5 rings (SSSR count). The molecule has 1 fully saturated rings. The minimum atomic E-state index is -4.23. The lowest BCUT2D eigenvalue weighted by molar-refractivity contribution is 0.0981. The highest BCUT2D eigenvalue weighted by Crippen LogP contribution is 2.37. The highest BCUT2D eigenvalue weighted by molar-refractivity contribution is 7.90. The second kappa shape index (κ2) is 9.05. The van der Waals surface area contributed by atoms with E-state index in [1.807, 2.05) is 17.0 Å².